The lowest BCUT2D eigenvalue weighted by molar-refractivity contribution is 0.628. The van der Waals surface area contributed by atoms with Gasteiger partial charge in [0.2, 0.25) is 0 Å². The molecule has 4 aromatic heterocycles. The van der Waals surface area contributed by atoms with Crippen molar-refractivity contribution in [1.29, 1.82) is 0 Å². The first-order chi connectivity index (χ1) is 15.1. The first-order valence-corrected chi connectivity index (χ1v) is 9.77. The first kappa shape index (κ1) is 18.7. The quantitative estimate of drug-likeness (QED) is 0.422. The molecule has 0 unspecified atom stereocenters. The molecule has 0 aliphatic rings. The van der Waals surface area contributed by atoms with Crippen LogP contribution < -0.4 is 10.6 Å². The second-order valence-electron chi connectivity index (χ2n) is 7.18. The van der Waals surface area contributed by atoms with E-state index in [-0.39, 0.29) is 5.82 Å². The summed E-state index contributed by atoms with van der Waals surface area (Å²) in [5.74, 6) is -0.283. The molecule has 0 bridgehead atoms. The molecule has 0 amide bonds. The van der Waals surface area contributed by atoms with Gasteiger partial charge in [0.1, 0.15) is 11.5 Å². The van der Waals surface area contributed by atoms with Crippen molar-refractivity contribution in [2.75, 3.05) is 0 Å². The van der Waals surface area contributed by atoms with E-state index in [0.29, 0.717) is 5.35 Å². The van der Waals surface area contributed by atoms with Crippen LogP contribution in [0.25, 0.3) is 51.6 Å². The summed E-state index contributed by atoms with van der Waals surface area (Å²) < 4.78 is 13.8. The van der Waals surface area contributed by atoms with Gasteiger partial charge >= 0.3 is 0 Å². The second kappa shape index (κ2) is 7.53. The first-order valence-electron chi connectivity index (χ1n) is 9.77. The molecule has 0 aliphatic heterocycles. The molecular formula is C24H19FN6. The predicted molar refractivity (Wildman–Crippen MR) is 121 cm³/mol. The molecule has 0 aliphatic carbocycles. The molecule has 152 valence electrons. The molecule has 0 spiro atoms. The van der Waals surface area contributed by atoms with Gasteiger partial charge in [-0.1, -0.05) is 24.8 Å². The number of hydrogen-bond acceptors (Lipinski definition) is 3. The van der Waals surface area contributed by atoms with Crippen LogP contribution in [0.3, 0.4) is 0 Å². The van der Waals surface area contributed by atoms with Crippen molar-refractivity contribution in [3.63, 3.8) is 0 Å². The van der Waals surface area contributed by atoms with Crippen LogP contribution in [-0.4, -0.2) is 30.4 Å². The van der Waals surface area contributed by atoms with Crippen molar-refractivity contribution in [3.05, 3.63) is 83.1 Å². The maximum absolute atomic E-state index is 13.8. The normalized spacial score (nSPS) is 12.7. The highest BCUT2D eigenvalue weighted by Crippen LogP contribution is 2.30. The summed E-state index contributed by atoms with van der Waals surface area (Å²) in [5.41, 5.74) is 6.00. The summed E-state index contributed by atoms with van der Waals surface area (Å²) in [5, 5.41) is 16.9. The van der Waals surface area contributed by atoms with E-state index in [2.05, 4.69) is 36.9 Å². The Morgan fingerprint density at radius 1 is 1.16 bits per heavy atom. The van der Waals surface area contributed by atoms with Crippen molar-refractivity contribution in [1.82, 2.24) is 30.4 Å². The summed E-state index contributed by atoms with van der Waals surface area (Å²) in [6, 6.07) is 8.52. The van der Waals surface area contributed by atoms with Crippen molar-refractivity contribution >= 4 is 29.1 Å². The summed E-state index contributed by atoms with van der Waals surface area (Å²) in [6.07, 6.45) is 11.2. The summed E-state index contributed by atoms with van der Waals surface area (Å²) in [7, 11) is 0. The zero-order chi connectivity index (χ0) is 21.4. The van der Waals surface area contributed by atoms with Crippen LogP contribution in [0.1, 0.15) is 12.5 Å². The Hall–Kier alpha value is -4.26. The summed E-state index contributed by atoms with van der Waals surface area (Å²) >= 11 is 0. The molecule has 7 heteroatoms. The van der Waals surface area contributed by atoms with Gasteiger partial charge in [-0.3, -0.25) is 15.2 Å². The maximum Gasteiger partial charge on any atom is 0.123 e. The van der Waals surface area contributed by atoms with Crippen LogP contribution >= 0.6 is 0 Å². The Morgan fingerprint density at radius 3 is 2.84 bits per heavy atom. The van der Waals surface area contributed by atoms with E-state index in [4.69, 9.17) is 0 Å². The zero-order valence-corrected chi connectivity index (χ0v) is 16.8. The number of aromatic amines is 3. The molecule has 1 aromatic carbocycles. The monoisotopic (exact) mass is 410 g/mol. The number of nitrogens with zero attached hydrogens (tertiary/aromatic N) is 3. The van der Waals surface area contributed by atoms with Crippen molar-refractivity contribution in [3.8, 4) is 22.5 Å². The molecule has 0 radical (unpaired) electrons. The number of allylic oxidation sites excluding steroid dienone is 2. The van der Waals surface area contributed by atoms with E-state index in [1.54, 1.807) is 24.7 Å². The molecule has 0 saturated carbocycles. The fraction of sp³-hybridized carbons (Fsp3) is 0.0417. The van der Waals surface area contributed by atoms with Gasteiger partial charge in [-0.25, -0.2) is 4.39 Å². The number of halogens is 1. The number of H-pyrrole nitrogens is 3. The standard InChI is InChI=1S/C24H19FN6/c1-3-15(17-10-27-28-11-17)8-19-14(2)30-31-24(19)22-9-20-21(12-26-13-23(20)29-22)16-5-4-6-18(25)7-16/h3-13,29-30H,2H2,1H3,(H,27,28)/b15-3+,19-8+. The van der Waals surface area contributed by atoms with E-state index in [1.165, 1.54) is 12.1 Å². The fourth-order valence-electron chi connectivity index (χ4n) is 3.71. The maximum atomic E-state index is 13.8. The van der Waals surface area contributed by atoms with Crippen LogP contribution in [0.4, 0.5) is 4.39 Å². The van der Waals surface area contributed by atoms with Crippen molar-refractivity contribution < 1.29 is 4.39 Å². The molecule has 3 N–H and O–H groups in total. The molecule has 6 nitrogen and oxygen atoms in total. The number of hydrogen-bond donors (Lipinski definition) is 3. The highest BCUT2D eigenvalue weighted by Gasteiger charge is 2.13. The molecule has 31 heavy (non-hydrogen) atoms. The Balaban J connectivity index is 1.68. The van der Waals surface area contributed by atoms with Crippen LogP contribution in [0.2, 0.25) is 0 Å². The Kier molecular flexibility index (Phi) is 4.55. The van der Waals surface area contributed by atoms with Gasteiger partial charge in [0.05, 0.1) is 29.0 Å². The van der Waals surface area contributed by atoms with Gasteiger partial charge in [0.25, 0.3) is 0 Å². The third kappa shape index (κ3) is 3.36. The fourth-order valence-corrected chi connectivity index (χ4v) is 3.71. The number of fused-ring (bicyclic) bond motifs is 1. The lowest BCUT2D eigenvalue weighted by Gasteiger charge is -2.02. The van der Waals surface area contributed by atoms with Crippen LogP contribution in [0, 0.1) is 5.82 Å². The molecule has 5 rings (SSSR count). The van der Waals surface area contributed by atoms with E-state index in [0.717, 1.165) is 49.8 Å². The highest BCUT2D eigenvalue weighted by molar-refractivity contribution is 5.97. The lowest BCUT2D eigenvalue weighted by atomic mass is 10.0. The van der Waals surface area contributed by atoms with Crippen molar-refractivity contribution in [2.45, 2.75) is 6.92 Å². The number of pyridine rings is 1. The van der Waals surface area contributed by atoms with E-state index < -0.39 is 0 Å². The van der Waals surface area contributed by atoms with Gasteiger partial charge in [-0.2, -0.15) is 10.2 Å². The zero-order valence-electron chi connectivity index (χ0n) is 16.8. The lowest BCUT2D eigenvalue weighted by Crippen LogP contribution is -2.22. The largest absolute Gasteiger partial charge is 0.352 e. The third-order valence-electron chi connectivity index (χ3n) is 5.26. The molecule has 0 fully saturated rings. The Morgan fingerprint density at radius 2 is 2.06 bits per heavy atom. The molecule has 0 saturated heterocycles. The highest BCUT2D eigenvalue weighted by atomic mass is 19.1. The minimum Gasteiger partial charge on any atom is -0.352 e. The summed E-state index contributed by atoms with van der Waals surface area (Å²) in [4.78, 5) is 7.72. The van der Waals surface area contributed by atoms with Crippen LogP contribution in [0.15, 0.2) is 61.2 Å². The summed E-state index contributed by atoms with van der Waals surface area (Å²) in [6.45, 7) is 6.07. The minimum atomic E-state index is -0.283. The van der Waals surface area contributed by atoms with Crippen LogP contribution in [0.5, 0.6) is 0 Å². The molecule has 5 aromatic rings. The van der Waals surface area contributed by atoms with E-state index in [1.807, 2.05) is 37.4 Å². The molecule has 0 atom stereocenters. The SMILES string of the molecule is C=c1[nH]nc(-c2cc3c(-c4cccc(F)c4)cncc3[nH]2)/c1=C/C(=C\C)c1cn[nH]c1. The molecular weight excluding hydrogens is 391 g/mol. The smallest absolute Gasteiger partial charge is 0.123 e. The van der Waals surface area contributed by atoms with Crippen LogP contribution in [-0.2, 0) is 0 Å². The topological polar surface area (TPSA) is 86.0 Å². The van der Waals surface area contributed by atoms with Gasteiger partial charge in [0.15, 0.2) is 0 Å². The number of nitrogens with one attached hydrogen (secondary N) is 3. The average molecular weight is 410 g/mol. The average Bonchev–Trinajstić information content (AvgIpc) is 3.51. The van der Waals surface area contributed by atoms with Gasteiger partial charge in [-0.05, 0) is 42.3 Å². The molecule has 4 heterocycles. The second-order valence-corrected chi connectivity index (χ2v) is 7.18. The minimum absolute atomic E-state index is 0.283. The predicted octanol–water partition coefficient (Wildman–Crippen LogP) is 3.78. The number of benzene rings is 1. The third-order valence-corrected chi connectivity index (χ3v) is 5.26. The number of rotatable bonds is 4. The van der Waals surface area contributed by atoms with Gasteiger partial charge in [-0.15, -0.1) is 0 Å². The van der Waals surface area contributed by atoms with E-state index in [9.17, 15) is 4.39 Å². The number of aromatic nitrogens is 6. The van der Waals surface area contributed by atoms with Crippen molar-refractivity contribution in [2.24, 2.45) is 0 Å². The van der Waals surface area contributed by atoms with Gasteiger partial charge < -0.3 is 4.98 Å². The van der Waals surface area contributed by atoms with Gasteiger partial charge in [0, 0.05) is 34.1 Å². The Labute approximate surface area is 176 Å². The van der Waals surface area contributed by atoms with E-state index >= 15 is 0 Å². The Bertz CT molecular complexity index is 1520.